The Balaban J connectivity index is 1.66. The van der Waals surface area contributed by atoms with E-state index in [-0.39, 0.29) is 5.91 Å². The Labute approximate surface area is 140 Å². The molecule has 0 aliphatic rings. The highest BCUT2D eigenvalue weighted by molar-refractivity contribution is 5.94. The Kier molecular flexibility index (Phi) is 5.18. The van der Waals surface area contributed by atoms with Gasteiger partial charge in [0.1, 0.15) is 11.8 Å². The molecule has 0 aliphatic carbocycles. The molecule has 1 aromatic carbocycles. The molecule has 0 unspecified atom stereocenters. The van der Waals surface area contributed by atoms with Crippen molar-refractivity contribution in [2.24, 2.45) is 0 Å². The van der Waals surface area contributed by atoms with E-state index < -0.39 is 0 Å². The van der Waals surface area contributed by atoms with Crippen LogP contribution < -0.4 is 5.32 Å². The molecule has 0 atom stereocenters. The number of carbonyl (C=O) groups is 1. The molecule has 0 aliphatic heterocycles. The largest absolute Gasteiger partial charge is 0.382 e. The molecule has 0 fully saturated rings. The molecular formula is C18H20N4O2. The van der Waals surface area contributed by atoms with Gasteiger partial charge in [-0.25, -0.2) is 9.97 Å². The molecule has 3 aromatic rings. The SMILES string of the molecule is CCOCCCNC(=O)c1ccc(-n2cnc3cccnc32)cc1. The van der Waals surface area contributed by atoms with Crippen LogP contribution in [0.3, 0.4) is 0 Å². The lowest BCUT2D eigenvalue weighted by molar-refractivity contribution is 0.0944. The first-order valence-corrected chi connectivity index (χ1v) is 8.04. The first-order chi connectivity index (χ1) is 11.8. The van der Waals surface area contributed by atoms with Gasteiger partial charge in [0.2, 0.25) is 0 Å². The summed E-state index contributed by atoms with van der Waals surface area (Å²) in [6.07, 6.45) is 4.29. The second-order valence-electron chi connectivity index (χ2n) is 5.31. The van der Waals surface area contributed by atoms with Crippen molar-refractivity contribution in [1.82, 2.24) is 19.9 Å². The molecule has 1 amide bonds. The third kappa shape index (κ3) is 3.60. The highest BCUT2D eigenvalue weighted by atomic mass is 16.5. The van der Waals surface area contributed by atoms with Crippen molar-refractivity contribution < 1.29 is 9.53 Å². The topological polar surface area (TPSA) is 69.0 Å². The van der Waals surface area contributed by atoms with E-state index in [2.05, 4.69) is 15.3 Å². The number of hydrogen-bond acceptors (Lipinski definition) is 4. The molecule has 0 saturated heterocycles. The molecule has 0 saturated carbocycles. The second-order valence-corrected chi connectivity index (χ2v) is 5.31. The summed E-state index contributed by atoms with van der Waals surface area (Å²) in [4.78, 5) is 20.8. The van der Waals surface area contributed by atoms with Gasteiger partial charge >= 0.3 is 0 Å². The molecule has 1 N–H and O–H groups in total. The van der Waals surface area contributed by atoms with Crippen LogP contribution in [-0.2, 0) is 4.74 Å². The predicted octanol–water partition coefficient (Wildman–Crippen LogP) is 2.58. The number of pyridine rings is 1. The Morgan fingerprint density at radius 3 is 2.83 bits per heavy atom. The highest BCUT2D eigenvalue weighted by Crippen LogP contribution is 2.16. The zero-order valence-corrected chi connectivity index (χ0v) is 13.6. The Morgan fingerprint density at radius 2 is 2.04 bits per heavy atom. The first kappa shape index (κ1) is 16.1. The Hall–Kier alpha value is -2.73. The van der Waals surface area contributed by atoms with E-state index in [9.17, 15) is 4.79 Å². The quantitative estimate of drug-likeness (QED) is 0.678. The number of benzene rings is 1. The van der Waals surface area contributed by atoms with Crippen molar-refractivity contribution in [3.8, 4) is 5.69 Å². The van der Waals surface area contributed by atoms with Crippen molar-refractivity contribution in [2.45, 2.75) is 13.3 Å². The number of carbonyl (C=O) groups excluding carboxylic acids is 1. The molecule has 0 radical (unpaired) electrons. The minimum absolute atomic E-state index is 0.0772. The number of imidazole rings is 1. The van der Waals surface area contributed by atoms with Gasteiger partial charge in [-0.05, 0) is 49.7 Å². The van der Waals surface area contributed by atoms with Gasteiger partial charge in [0, 0.05) is 37.2 Å². The fraction of sp³-hybridized carbons (Fsp3) is 0.278. The van der Waals surface area contributed by atoms with Crippen LogP contribution in [0.15, 0.2) is 48.9 Å². The van der Waals surface area contributed by atoms with Crippen molar-refractivity contribution in [1.29, 1.82) is 0 Å². The standard InChI is InChI=1S/C18H20N4O2/c1-2-24-12-4-11-20-18(23)14-6-8-15(9-7-14)22-13-21-16-5-3-10-19-17(16)22/h3,5-10,13H,2,4,11-12H2,1H3,(H,20,23). The number of fused-ring (bicyclic) bond motifs is 1. The van der Waals surface area contributed by atoms with Crippen LogP contribution in [0.5, 0.6) is 0 Å². The van der Waals surface area contributed by atoms with Crippen molar-refractivity contribution in [3.63, 3.8) is 0 Å². The molecule has 24 heavy (non-hydrogen) atoms. The zero-order valence-electron chi connectivity index (χ0n) is 13.6. The molecule has 3 rings (SSSR count). The highest BCUT2D eigenvalue weighted by Gasteiger charge is 2.08. The monoisotopic (exact) mass is 324 g/mol. The maximum Gasteiger partial charge on any atom is 0.251 e. The van der Waals surface area contributed by atoms with Crippen LogP contribution in [0.25, 0.3) is 16.9 Å². The number of hydrogen-bond donors (Lipinski definition) is 1. The summed E-state index contributed by atoms with van der Waals surface area (Å²) in [5.74, 6) is -0.0772. The molecular weight excluding hydrogens is 304 g/mol. The van der Waals surface area contributed by atoms with Crippen LogP contribution >= 0.6 is 0 Å². The summed E-state index contributed by atoms with van der Waals surface area (Å²) < 4.78 is 7.15. The summed E-state index contributed by atoms with van der Waals surface area (Å²) in [6.45, 7) is 3.93. The Bertz CT molecular complexity index is 811. The van der Waals surface area contributed by atoms with Crippen LogP contribution in [0.1, 0.15) is 23.7 Å². The molecule has 6 heteroatoms. The predicted molar refractivity (Wildman–Crippen MR) is 92.3 cm³/mol. The number of aromatic nitrogens is 3. The summed E-state index contributed by atoms with van der Waals surface area (Å²) in [5, 5.41) is 2.89. The normalized spacial score (nSPS) is 10.9. The summed E-state index contributed by atoms with van der Waals surface area (Å²) in [6, 6.07) is 11.2. The maximum absolute atomic E-state index is 12.1. The van der Waals surface area contributed by atoms with Crippen LogP contribution in [0.4, 0.5) is 0 Å². The van der Waals surface area contributed by atoms with Gasteiger partial charge in [0.15, 0.2) is 5.65 Å². The first-order valence-electron chi connectivity index (χ1n) is 8.04. The molecule has 2 heterocycles. The number of nitrogens with one attached hydrogen (secondary N) is 1. The van der Waals surface area contributed by atoms with Crippen molar-refractivity contribution in [3.05, 3.63) is 54.5 Å². The van der Waals surface area contributed by atoms with E-state index in [1.807, 2.05) is 47.9 Å². The fourth-order valence-electron chi connectivity index (χ4n) is 2.43. The molecule has 124 valence electrons. The van der Waals surface area contributed by atoms with Gasteiger partial charge in [0.25, 0.3) is 5.91 Å². The molecule has 0 bridgehead atoms. The third-order valence-corrected chi connectivity index (χ3v) is 3.67. The van der Waals surface area contributed by atoms with Gasteiger partial charge in [-0.1, -0.05) is 0 Å². The van der Waals surface area contributed by atoms with Crippen LogP contribution in [0, 0.1) is 0 Å². The zero-order chi connectivity index (χ0) is 16.8. The van der Waals surface area contributed by atoms with Gasteiger partial charge in [-0.15, -0.1) is 0 Å². The average molecular weight is 324 g/mol. The molecule has 6 nitrogen and oxygen atoms in total. The van der Waals surface area contributed by atoms with Gasteiger partial charge in [-0.2, -0.15) is 0 Å². The lowest BCUT2D eigenvalue weighted by Gasteiger charge is -2.07. The number of amides is 1. The summed E-state index contributed by atoms with van der Waals surface area (Å²) in [5.41, 5.74) is 3.19. The lowest BCUT2D eigenvalue weighted by atomic mass is 10.2. The van der Waals surface area contributed by atoms with E-state index in [4.69, 9.17) is 4.74 Å². The summed E-state index contributed by atoms with van der Waals surface area (Å²) in [7, 11) is 0. The number of nitrogens with zero attached hydrogens (tertiary/aromatic N) is 3. The van der Waals surface area contributed by atoms with Gasteiger partial charge < -0.3 is 10.1 Å². The number of rotatable bonds is 7. The third-order valence-electron chi connectivity index (χ3n) is 3.67. The fourth-order valence-corrected chi connectivity index (χ4v) is 2.43. The van der Waals surface area contributed by atoms with E-state index in [0.717, 1.165) is 23.3 Å². The maximum atomic E-state index is 12.1. The van der Waals surface area contributed by atoms with Crippen molar-refractivity contribution in [2.75, 3.05) is 19.8 Å². The van der Waals surface area contributed by atoms with E-state index >= 15 is 0 Å². The van der Waals surface area contributed by atoms with E-state index in [1.165, 1.54) is 0 Å². The summed E-state index contributed by atoms with van der Waals surface area (Å²) >= 11 is 0. The minimum Gasteiger partial charge on any atom is -0.382 e. The van der Waals surface area contributed by atoms with E-state index in [0.29, 0.717) is 25.3 Å². The van der Waals surface area contributed by atoms with E-state index in [1.54, 1.807) is 12.5 Å². The Morgan fingerprint density at radius 1 is 1.21 bits per heavy atom. The number of ether oxygens (including phenoxy) is 1. The van der Waals surface area contributed by atoms with Gasteiger partial charge in [-0.3, -0.25) is 9.36 Å². The van der Waals surface area contributed by atoms with Crippen LogP contribution in [-0.4, -0.2) is 40.2 Å². The van der Waals surface area contributed by atoms with Crippen LogP contribution in [0.2, 0.25) is 0 Å². The molecule has 2 aromatic heterocycles. The minimum atomic E-state index is -0.0772. The van der Waals surface area contributed by atoms with Crippen molar-refractivity contribution >= 4 is 17.1 Å². The average Bonchev–Trinajstić information content (AvgIpc) is 3.05. The lowest BCUT2D eigenvalue weighted by Crippen LogP contribution is -2.25. The smallest absolute Gasteiger partial charge is 0.251 e. The second kappa shape index (κ2) is 7.70. The van der Waals surface area contributed by atoms with Gasteiger partial charge in [0.05, 0.1) is 0 Å². The molecule has 0 spiro atoms.